The molecular weight excluding hydrogens is 600 g/mol. The molecule has 244 valence electrons. The Hall–Kier alpha value is -4.42. The molecule has 0 aromatic heterocycles. The first-order chi connectivity index (χ1) is 21.9. The van der Waals surface area contributed by atoms with Crippen LogP contribution in [-0.4, -0.2) is 70.2 Å². The molecular formula is C34H36O12. The topological polar surface area (TPSA) is 175 Å². The van der Waals surface area contributed by atoms with Crippen LogP contribution in [0.4, 0.5) is 0 Å². The second-order valence-electron chi connectivity index (χ2n) is 12.5. The van der Waals surface area contributed by atoms with Gasteiger partial charge in [0.15, 0.2) is 29.8 Å². The molecule has 8 atom stereocenters. The number of aliphatic carboxylic acids is 1. The average molecular weight is 637 g/mol. The zero-order valence-corrected chi connectivity index (χ0v) is 25.6. The molecule has 12 nitrogen and oxygen atoms in total. The number of esters is 3. The average Bonchev–Trinajstić information content (AvgIpc) is 3.39. The van der Waals surface area contributed by atoms with E-state index in [9.17, 15) is 29.4 Å². The van der Waals surface area contributed by atoms with Crippen LogP contribution in [0, 0.1) is 11.8 Å². The van der Waals surface area contributed by atoms with Crippen molar-refractivity contribution >= 4 is 23.9 Å². The van der Waals surface area contributed by atoms with Crippen LogP contribution >= 0.6 is 0 Å². The van der Waals surface area contributed by atoms with E-state index in [2.05, 4.69) is 6.92 Å². The third kappa shape index (κ3) is 4.91. The predicted octanol–water partition coefficient (Wildman–Crippen LogP) is 2.91. The maximum Gasteiger partial charge on any atom is 0.353 e. The van der Waals surface area contributed by atoms with Gasteiger partial charge in [0, 0.05) is 11.1 Å². The van der Waals surface area contributed by atoms with E-state index in [4.69, 9.17) is 28.8 Å². The van der Waals surface area contributed by atoms with Gasteiger partial charge in [-0.3, -0.25) is 4.79 Å². The minimum atomic E-state index is -1.98. The van der Waals surface area contributed by atoms with E-state index in [0.29, 0.717) is 24.3 Å². The molecule has 3 N–H and O–H groups in total. The van der Waals surface area contributed by atoms with Crippen LogP contribution in [0.2, 0.25) is 0 Å². The summed E-state index contributed by atoms with van der Waals surface area (Å²) in [7, 11) is 1.53. The molecule has 4 aliphatic rings. The molecule has 0 amide bonds. The molecule has 1 spiro atoms. The summed E-state index contributed by atoms with van der Waals surface area (Å²) in [5.41, 5.74) is 0.0716. The summed E-state index contributed by atoms with van der Waals surface area (Å²) in [5.74, 6) is -3.47. The zero-order chi connectivity index (χ0) is 33.0. The van der Waals surface area contributed by atoms with Crippen molar-refractivity contribution in [2.75, 3.05) is 7.11 Å². The number of ether oxygens (including phenoxy) is 5. The van der Waals surface area contributed by atoms with E-state index in [1.54, 1.807) is 24.3 Å². The van der Waals surface area contributed by atoms with Gasteiger partial charge in [-0.1, -0.05) is 43.3 Å². The standard InChI is InChI=1S/C34H36O12/c1-17-11-13-33-26-20-9-10-23(42-3)28(26)46-29(33)24(12-14-34(33,41)21(17)15-20)44-31(39)22(35)16-25(36)45-27(19-7-5-4-6-8-19)32(40)43-18(2)30(37)38/h4-10,12,17-18,21-22,27,29,35,41H,11,13-16H2,1-3H3,(H,37,38)/t17?,18-,21-,22-,27-,29-,33-,34+/m0/s1. The second-order valence-corrected chi connectivity index (χ2v) is 12.5. The van der Waals surface area contributed by atoms with Gasteiger partial charge in [-0.15, -0.1) is 0 Å². The van der Waals surface area contributed by atoms with Crippen molar-refractivity contribution in [2.24, 2.45) is 11.8 Å². The Morgan fingerprint density at radius 3 is 2.50 bits per heavy atom. The number of carbonyl (C=O) groups excluding carboxylic acids is 3. The molecule has 0 saturated heterocycles. The lowest BCUT2D eigenvalue weighted by molar-refractivity contribution is -0.179. The molecule has 46 heavy (non-hydrogen) atoms. The molecule has 1 unspecified atom stereocenters. The smallest absolute Gasteiger partial charge is 0.353 e. The molecule has 2 aromatic carbocycles. The third-order valence-corrected chi connectivity index (χ3v) is 9.99. The van der Waals surface area contributed by atoms with Crippen LogP contribution in [-0.2, 0) is 45.2 Å². The first-order valence-electron chi connectivity index (χ1n) is 15.3. The Bertz CT molecular complexity index is 1600. The van der Waals surface area contributed by atoms with E-state index >= 15 is 0 Å². The van der Waals surface area contributed by atoms with Crippen molar-refractivity contribution in [3.63, 3.8) is 0 Å². The highest BCUT2D eigenvalue weighted by Crippen LogP contribution is 2.68. The number of carboxylic acids is 1. The largest absolute Gasteiger partial charge is 0.493 e. The first kappa shape index (κ1) is 31.6. The molecule has 12 heteroatoms. The van der Waals surface area contributed by atoms with E-state index in [1.165, 1.54) is 19.2 Å². The fourth-order valence-electron chi connectivity index (χ4n) is 7.74. The van der Waals surface area contributed by atoms with Gasteiger partial charge in [0.1, 0.15) is 5.76 Å². The Morgan fingerprint density at radius 2 is 1.80 bits per heavy atom. The number of rotatable bonds is 10. The predicted molar refractivity (Wildman–Crippen MR) is 158 cm³/mol. The van der Waals surface area contributed by atoms with Crippen molar-refractivity contribution in [3.05, 3.63) is 71.0 Å². The van der Waals surface area contributed by atoms with Gasteiger partial charge in [0.05, 0.1) is 24.5 Å². The van der Waals surface area contributed by atoms with Gasteiger partial charge < -0.3 is 39.0 Å². The van der Waals surface area contributed by atoms with E-state index in [1.807, 2.05) is 12.1 Å². The molecule has 1 aliphatic heterocycles. The van der Waals surface area contributed by atoms with Gasteiger partial charge in [0.25, 0.3) is 0 Å². The summed E-state index contributed by atoms with van der Waals surface area (Å²) >= 11 is 0. The van der Waals surface area contributed by atoms with E-state index < -0.39 is 65.7 Å². The van der Waals surface area contributed by atoms with Crippen LogP contribution < -0.4 is 9.47 Å². The molecule has 3 aliphatic carbocycles. The van der Waals surface area contributed by atoms with Gasteiger partial charge in [-0.2, -0.15) is 0 Å². The quantitative estimate of drug-likeness (QED) is 0.257. The highest BCUT2D eigenvalue weighted by Gasteiger charge is 2.72. The molecule has 1 saturated carbocycles. The van der Waals surface area contributed by atoms with Gasteiger partial charge in [0.2, 0.25) is 6.10 Å². The maximum atomic E-state index is 13.2. The lowest BCUT2D eigenvalue weighted by Crippen LogP contribution is -2.69. The van der Waals surface area contributed by atoms with Crippen molar-refractivity contribution in [3.8, 4) is 11.5 Å². The monoisotopic (exact) mass is 636 g/mol. The van der Waals surface area contributed by atoms with Crippen molar-refractivity contribution in [1.82, 2.24) is 0 Å². The van der Waals surface area contributed by atoms with Crippen molar-refractivity contribution in [1.29, 1.82) is 0 Å². The normalized spacial score (nSPS) is 28.7. The lowest BCUT2D eigenvalue weighted by atomic mass is 9.45. The summed E-state index contributed by atoms with van der Waals surface area (Å²) in [6.45, 7) is 3.29. The molecule has 2 bridgehead atoms. The minimum Gasteiger partial charge on any atom is -0.493 e. The summed E-state index contributed by atoms with van der Waals surface area (Å²) < 4.78 is 27.9. The van der Waals surface area contributed by atoms with Crippen LogP contribution in [0.3, 0.4) is 0 Å². The van der Waals surface area contributed by atoms with Crippen LogP contribution in [0.5, 0.6) is 11.5 Å². The number of aliphatic hydroxyl groups excluding tert-OH is 1. The maximum absolute atomic E-state index is 13.2. The SMILES string of the molecule is COc1ccc2c3c1O[C@H]1C(OC(=O)[C@@H](O)CC(=O)O[C@H](C(=O)O[C@@H](C)C(=O)O)c4ccccc4)=CC[C@@]4(O)[C@@H](C2)C(C)CC[C@]314. The summed E-state index contributed by atoms with van der Waals surface area (Å²) in [6, 6.07) is 11.6. The number of carbonyl (C=O) groups is 4. The van der Waals surface area contributed by atoms with Gasteiger partial charge >= 0.3 is 23.9 Å². The zero-order valence-electron chi connectivity index (χ0n) is 25.6. The van der Waals surface area contributed by atoms with Crippen LogP contribution in [0.1, 0.15) is 62.3 Å². The Labute approximate surface area is 264 Å². The van der Waals surface area contributed by atoms with Crippen LogP contribution in [0.25, 0.3) is 0 Å². The summed E-state index contributed by atoms with van der Waals surface area (Å²) in [6.07, 6.45) is -2.95. The number of carboxylic acid groups (broad SMARTS) is 1. The Morgan fingerprint density at radius 1 is 1.07 bits per heavy atom. The third-order valence-electron chi connectivity index (χ3n) is 9.99. The molecule has 6 rings (SSSR count). The van der Waals surface area contributed by atoms with E-state index in [-0.39, 0.29) is 29.6 Å². The summed E-state index contributed by atoms with van der Waals surface area (Å²) in [4.78, 5) is 50.0. The Kier molecular flexibility index (Phi) is 8.06. The number of hydrogen-bond donors (Lipinski definition) is 3. The fourth-order valence-corrected chi connectivity index (χ4v) is 7.74. The van der Waals surface area contributed by atoms with Crippen molar-refractivity contribution < 1.29 is 58.2 Å². The van der Waals surface area contributed by atoms with Gasteiger partial charge in [-0.05, 0) is 62.1 Å². The lowest BCUT2D eigenvalue weighted by Gasteiger charge is -2.61. The summed E-state index contributed by atoms with van der Waals surface area (Å²) in [5, 5.41) is 32.2. The molecule has 1 heterocycles. The number of methoxy groups -OCH3 is 1. The van der Waals surface area contributed by atoms with Crippen LogP contribution in [0.15, 0.2) is 54.3 Å². The molecule has 2 aromatic rings. The fraction of sp³-hybridized carbons (Fsp3) is 0.471. The molecule has 0 radical (unpaired) electrons. The number of hydrogen-bond acceptors (Lipinski definition) is 11. The number of aliphatic hydroxyl groups is 2. The van der Waals surface area contributed by atoms with E-state index in [0.717, 1.165) is 24.5 Å². The number of benzene rings is 2. The first-order valence-corrected chi connectivity index (χ1v) is 15.3. The Balaban J connectivity index is 1.20. The van der Waals surface area contributed by atoms with Crippen molar-refractivity contribution in [2.45, 2.75) is 81.4 Å². The highest BCUT2D eigenvalue weighted by molar-refractivity contribution is 5.86. The minimum absolute atomic E-state index is 0.0456. The highest BCUT2D eigenvalue weighted by atomic mass is 16.6. The molecule has 1 fully saturated rings. The second kappa shape index (κ2) is 11.7. The van der Waals surface area contributed by atoms with Gasteiger partial charge in [-0.25, -0.2) is 14.4 Å².